The molecule has 0 aliphatic heterocycles. The maximum Gasteiger partial charge on any atom is 0.102 e. The topological polar surface area (TPSA) is 47.6 Å². The van der Waals surface area contributed by atoms with Crippen LogP contribution in [-0.2, 0) is 4.74 Å². The van der Waals surface area contributed by atoms with Crippen molar-refractivity contribution in [3.05, 3.63) is 34.9 Å². The number of hydrogen-bond donors (Lipinski definition) is 2. The molecule has 0 saturated carbocycles. The molecule has 0 aliphatic rings. The standard InChI is InChI=1S/C10H13NS.C3H9NO.C2H6/c1-7-5-4-6-8(2)10(7)9(3)11-12;1-3(4)5-2;1-2/h4-6,12H,1-3H3;3H,4H2,1-2H3;1-2H3/b11-9+;;. The van der Waals surface area contributed by atoms with Crippen LogP contribution in [0.3, 0.4) is 0 Å². The van der Waals surface area contributed by atoms with E-state index < -0.39 is 0 Å². The van der Waals surface area contributed by atoms with Crippen LogP contribution in [0, 0.1) is 13.8 Å². The van der Waals surface area contributed by atoms with E-state index in [4.69, 9.17) is 5.73 Å². The lowest BCUT2D eigenvalue weighted by molar-refractivity contribution is 0.124. The normalized spacial score (nSPS) is 11.7. The van der Waals surface area contributed by atoms with Gasteiger partial charge in [-0.05, 0) is 51.6 Å². The van der Waals surface area contributed by atoms with Crippen LogP contribution in [0.5, 0.6) is 0 Å². The van der Waals surface area contributed by atoms with Crippen molar-refractivity contribution < 1.29 is 4.74 Å². The van der Waals surface area contributed by atoms with Crippen molar-refractivity contribution in [2.24, 2.45) is 10.1 Å². The number of benzene rings is 1. The van der Waals surface area contributed by atoms with Crippen LogP contribution in [0.4, 0.5) is 0 Å². The van der Waals surface area contributed by atoms with E-state index in [0.29, 0.717) is 0 Å². The maximum atomic E-state index is 5.07. The van der Waals surface area contributed by atoms with Crippen LogP contribution in [0.15, 0.2) is 22.6 Å². The molecule has 0 amide bonds. The van der Waals surface area contributed by atoms with Crippen LogP contribution >= 0.6 is 12.8 Å². The van der Waals surface area contributed by atoms with Gasteiger partial charge >= 0.3 is 0 Å². The Bertz CT molecular complexity index is 356. The van der Waals surface area contributed by atoms with Crippen molar-refractivity contribution >= 4 is 18.5 Å². The molecule has 0 saturated heterocycles. The maximum absolute atomic E-state index is 5.07. The lowest BCUT2D eigenvalue weighted by Gasteiger charge is -2.07. The van der Waals surface area contributed by atoms with Crippen LogP contribution in [0.2, 0.25) is 0 Å². The summed E-state index contributed by atoms with van der Waals surface area (Å²) in [6, 6.07) is 6.23. The van der Waals surface area contributed by atoms with Gasteiger partial charge in [0.2, 0.25) is 0 Å². The van der Waals surface area contributed by atoms with Crippen molar-refractivity contribution in [1.29, 1.82) is 0 Å². The summed E-state index contributed by atoms with van der Waals surface area (Å²) in [6.45, 7) is 11.9. The van der Waals surface area contributed by atoms with Crippen molar-refractivity contribution in [2.75, 3.05) is 7.11 Å². The van der Waals surface area contributed by atoms with Gasteiger partial charge in [0.15, 0.2) is 0 Å². The largest absolute Gasteiger partial charge is 0.367 e. The van der Waals surface area contributed by atoms with Crippen molar-refractivity contribution in [2.45, 2.75) is 47.8 Å². The van der Waals surface area contributed by atoms with Gasteiger partial charge in [-0.3, -0.25) is 0 Å². The van der Waals surface area contributed by atoms with Crippen LogP contribution < -0.4 is 5.73 Å². The van der Waals surface area contributed by atoms with Crippen molar-refractivity contribution in [3.8, 4) is 0 Å². The van der Waals surface area contributed by atoms with E-state index in [1.807, 2.05) is 20.8 Å². The second-order valence-corrected chi connectivity index (χ2v) is 4.09. The highest BCUT2D eigenvalue weighted by atomic mass is 32.1. The summed E-state index contributed by atoms with van der Waals surface area (Å²) in [5, 5.41) is 0. The molecule has 0 spiro atoms. The van der Waals surface area contributed by atoms with E-state index in [1.165, 1.54) is 16.7 Å². The summed E-state index contributed by atoms with van der Waals surface area (Å²) < 4.78 is 8.42. The van der Waals surface area contributed by atoms with E-state index in [9.17, 15) is 0 Å². The van der Waals surface area contributed by atoms with Crippen LogP contribution in [0.1, 0.15) is 44.4 Å². The molecule has 0 aliphatic carbocycles. The smallest absolute Gasteiger partial charge is 0.102 e. The Hall–Kier alpha value is -0.840. The monoisotopic (exact) mass is 284 g/mol. The minimum atomic E-state index is -0.116. The number of ether oxygens (including phenoxy) is 1. The zero-order valence-electron chi connectivity index (χ0n) is 13.2. The lowest BCUT2D eigenvalue weighted by atomic mass is 10.00. The minimum Gasteiger partial charge on any atom is -0.367 e. The SMILES string of the molecule is C/C(=N\S)c1c(C)cccc1C.CC.COC(C)N. The fourth-order valence-corrected chi connectivity index (χ4v) is 1.54. The molecule has 110 valence electrons. The van der Waals surface area contributed by atoms with Crippen LogP contribution in [-0.4, -0.2) is 19.0 Å². The molecule has 1 unspecified atom stereocenters. The Morgan fingerprint density at radius 3 is 1.89 bits per heavy atom. The Kier molecular flexibility index (Phi) is 13.2. The molecular weight excluding hydrogens is 256 g/mol. The van der Waals surface area contributed by atoms with Crippen LogP contribution in [0.25, 0.3) is 0 Å². The van der Waals surface area contributed by atoms with E-state index >= 15 is 0 Å². The highest BCUT2D eigenvalue weighted by molar-refractivity contribution is 7.79. The van der Waals surface area contributed by atoms with Gasteiger partial charge < -0.3 is 10.5 Å². The number of aryl methyl sites for hydroxylation is 2. The minimum absolute atomic E-state index is 0.116. The molecule has 0 radical (unpaired) electrons. The summed E-state index contributed by atoms with van der Waals surface area (Å²) in [4.78, 5) is 0. The van der Waals surface area contributed by atoms with E-state index in [0.717, 1.165) is 5.71 Å². The first-order valence-electron chi connectivity index (χ1n) is 6.47. The number of thiol groups is 1. The number of hydrogen-bond acceptors (Lipinski definition) is 4. The Morgan fingerprint density at radius 2 is 1.63 bits per heavy atom. The van der Waals surface area contributed by atoms with E-state index in [2.05, 4.69) is 54.0 Å². The molecule has 4 heteroatoms. The van der Waals surface area contributed by atoms with Gasteiger partial charge in [0.1, 0.15) is 6.23 Å². The highest BCUT2D eigenvalue weighted by Crippen LogP contribution is 2.14. The first-order valence-corrected chi connectivity index (χ1v) is 6.87. The molecule has 1 aromatic carbocycles. The van der Waals surface area contributed by atoms with E-state index in [1.54, 1.807) is 14.0 Å². The third-order valence-corrected chi connectivity index (χ3v) is 2.66. The second-order valence-electron chi connectivity index (χ2n) is 3.89. The number of rotatable bonds is 2. The number of methoxy groups -OCH3 is 1. The average molecular weight is 284 g/mol. The molecule has 1 atom stereocenters. The van der Waals surface area contributed by atoms with E-state index in [-0.39, 0.29) is 6.23 Å². The lowest BCUT2D eigenvalue weighted by Crippen LogP contribution is -2.15. The van der Waals surface area contributed by atoms with Gasteiger partial charge in [0, 0.05) is 12.7 Å². The average Bonchev–Trinajstić information content (AvgIpc) is 2.41. The van der Waals surface area contributed by atoms with Gasteiger partial charge in [-0.2, -0.15) is 0 Å². The third-order valence-electron chi connectivity index (χ3n) is 2.36. The number of nitrogens with two attached hydrogens (primary N) is 1. The Morgan fingerprint density at radius 1 is 1.26 bits per heavy atom. The van der Waals surface area contributed by atoms with Crippen molar-refractivity contribution in [3.63, 3.8) is 0 Å². The molecule has 1 rings (SSSR count). The zero-order chi connectivity index (χ0) is 15.4. The zero-order valence-corrected chi connectivity index (χ0v) is 14.1. The third kappa shape index (κ3) is 8.81. The molecule has 0 fully saturated rings. The molecule has 0 aromatic heterocycles. The van der Waals surface area contributed by atoms with Gasteiger partial charge in [-0.25, -0.2) is 4.40 Å². The Labute approximate surface area is 123 Å². The molecule has 0 bridgehead atoms. The summed E-state index contributed by atoms with van der Waals surface area (Å²) in [5.74, 6) is 0. The van der Waals surface area contributed by atoms with Gasteiger partial charge in [0.05, 0.1) is 5.71 Å². The molecule has 1 aromatic rings. The van der Waals surface area contributed by atoms with Gasteiger partial charge in [0.25, 0.3) is 0 Å². The van der Waals surface area contributed by atoms with Gasteiger partial charge in [-0.1, -0.05) is 32.0 Å². The molecule has 19 heavy (non-hydrogen) atoms. The molecule has 2 N–H and O–H groups in total. The first-order chi connectivity index (χ1) is 8.93. The summed E-state index contributed by atoms with van der Waals surface area (Å²) in [6.07, 6.45) is -0.116. The highest BCUT2D eigenvalue weighted by Gasteiger charge is 2.03. The fraction of sp³-hybridized carbons (Fsp3) is 0.533. The quantitative estimate of drug-likeness (QED) is 0.491. The van der Waals surface area contributed by atoms with Crippen molar-refractivity contribution in [1.82, 2.24) is 0 Å². The number of nitrogens with zero attached hydrogens (tertiary/aromatic N) is 1. The molecule has 3 nitrogen and oxygen atoms in total. The summed E-state index contributed by atoms with van der Waals surface area (Å²) in [5.41, 5.74) is 9.78. The first kappa shape index (κ1) is 20.5. The van der Waals surface area contributed by atoms with Gasteiger partial charge in [-0.15, -0.1) is 0 Å². The second kappa shape index (κ2) is 12.2. The molecule has 0 heterocycles. The molecular formula is C15H28N2OS. The summed E-state index contributed by atoms with van der Waals surface area (Å²) in [7, 11) is 1.57. The summed E-state index contributed by atoms with van der Waals surface area (Å²) >= 11 is 3.91. The predicted molar refractivity (Wildman–Crippen MR) is 89.1 cm³/mol. The Balaban J connectivity index is 0. The predicted octanol–water partition coefficient (Wildman–Crippen LogP) is 3.92. The fourth-order valence-electron chi connectivity index (χ4n) is 1.44.